The summed E-state index contributed by atoms with van der Waals surface area (Å²) in [5, 5.41) is 13.7. The van der Waals surface area contributed by atoms with Crippen LogP contribution in [0, 0.1) is 0 Å². The number of amides is 2. The molecule has 0 spiro atoms. The van der Waals surface area contributed by atoms with Crippen LogP contribution in [0.5, 0.6) is 11.6 Å². The fourth-order valence-corrected chi connectivity index (χ4v) is 6.83. The molecule has 2 aromatic heterocycles. The summed E-state index contributed by atoms with van der Waals surface area (Å²) in [7, 11) is 3.23. The van der Waals surface area contributed by atoms with Crippen LogP contribution in [0.15, 0.2) is 60.8 Å². The van der Waals surface area contributed by atoms with Crippen molar-refractivity contribution in [2.75, 3.05) is 27.3 Å². The van der Waals surface area contributed by atoms with Crippen molar-refractivity contribution in [3.05, 3.63) is 82.0 Å². The van der Waals surface area contributed by atoms with E-state index in [2.05, 4.69) is 26.3 Å². The number of aromatic nitrogens is 2. The van der Waals surface area contributed by atoms with E-state index in [1.807, 2.05) is 54.6 Å². The Kier molecular flexibility index (Phi) is 10.8. The molecule has 12 heteroatoms. The van der Waals surface area contributed by atoms with Crippen LogP contribution in [0.3, 0.4) is 0 Å². The Bertz CT molecular complexity index is 1690. The van der Waals surface area contributed by atoms with E-state index in [-0.39, 0.29) is 23.9 Å². The standard InChI is InChI=1S/C36H38Cl2N6O4/c1-47-30-16-21(6-7-22(30)17-39-19-24-9-12-31(45)42-24)35-34(38)27(14-15-41-35)26-4-3-5-28(33(26)37)29-11-8-23(36(44-29)48-2)18-40-20-25-10-13-32(46)43-25/h3-8,11,14-16,24-25,39-40H,9-10,12-13,17-20H2,1-2H3,(H,42,45)(H,43,46)/t24-,25-/m1/s1. The second kappa shape index (κ2) is 15.3. The van der Waals surface area contributed by atoms with Gasteiger partial charge in [-0.3, -0.25) is 14.6 Å². The minimum atomic E-state index is 0.0979. The third-order valence-corrected chi connectivity index (χ3v) is 9.52. The Morgan fingerprint density at radius 3 is 2.08 bits per heavy atom. The fraction of sp³-hybridized carbons (Fsp3) is 0.333. The molecule has 250 valence electrons. The second-order valence-electron chi connectivity index (χ2n) is 11.9. The molecule has 0 aliphatic carbocycles. The maximum atomic E-state index is 11.5. The summed E-state index contributed by atoms with van der Waals surface area (Å²) in [6, 6.07) is 17.7. The van der Waals surface area contributed by atoms with Crippen molar-refractivity contribution in [2.24, 2.45) is 0 Å². The molecule has 2 aliphatic heterocycles. The van der Waals surface area contributed by atoms with Crippen molar-refractivity contribution >= 4 is 35.0 Å². The normalized spacial score (nSPS) is 17.3. The van der Waals surface area contributed by atoms with E-state index in [1.54, 1.807) is 20.4 Å². The number of nitrogens with zero attached hydrogens (tertiary/aromatic N) is 2. The number of rotatable bonds is 13. The number of carbonyl (C=O) groups is 2. The Morgan fingerprint density at radius 2 is 1.44 bits per heavy atom. The maximum absolute atomic E-state index is 11.5. The average Bonchev–Trinajstić information content (AvgIpc) is 3.72. The molecular formula is C36H38Cl2N6O4. The molecule has 48 heavy (non-hydrogen) atoms. The summed E-state index contributed by atoms with van der Waals surface area (Å²) in [6.07, 6.45) is 4.54. The first-order valence-electron chi connectivity index (χ1n) is 16.0. The highest BCUT2D eigenvalue weighted by Crippen LogP contribution is 2.42. The van der Waals surface area contributed by atoms with Gasteiger partial charge in [0.25, 0.3) is 0 Å². The topological polar surface area (TPSA) is 126 Å². The molecule has 2 fully saturated rings. The predicted octanol–water partition coefficient (Wildman–Crippen LogP) is 5.54. The lowest BCUT2D eigenvalue weighted by atomic mass is 9.99. The van der Waals surface area contributed by atoms with Crippen LogP contribution < -0.4 is 30.7 Å². The van der Waals surface area contributed by atoms with E-state index in [1.165, 1.54) is 0 Å². The molecule has 2 saturated heterocycles. The number of hydrogen-bond donors (Lipinski definition) is 4. The fourth-order valence-electron chi connectivity index (χ4n) is 6.18. The van der Waals surface area contributed by atoms with Crippen LogP contribution in [0.1, 0.15) is 36.8 Å². The van der Waals surface area contributed by atoms with E-state index in [9.17, 15) is 9.59 Å². The smallest absolute Gasteiger partial charge is 0.220 e. The zero-order chi connectivity index (χ0) is 33.6. The van der Waals surface area contributed by atoms with E-state index in [0.717, 1.165) is 46.2 Å². The summed E-state index contributed by atoms with van der Waals surface area (Å²) in [5.41, 5.74) is 6.20. The lowest BCUT2D eigenvalue weighted by Crippen LogP contribution is -2.35. The Balaban J connectivity index is 1.20. The number of methoxy groups -OCH3 is 2. The number of halogens is 2. The molecule has 10 nitrogen and oxygen atoms in total. The van der Waals surface area contributed by atoms with E-state index in [0.29, 0.717) is 72.1 Å². The average molecular weight is 690 g/mol. The number of carbonyl (C=O) groups excluding carboxylic acids is 2. The first-order chi connectivity index (χ1) is 23.3. The van der Waals surface area contributed by atoms with Gasteiger partial charge >= 0.3 is 0 Å². The molecule has 2 amide bonds. The first-order valence-corrected chi connectivity index (χ1v) is 16.7. The van der Waals surface area contributed by atoms with Crippen LogP contribution in [0.4, 0.5) is 0 Å². The van der Waals surface area contributed by atoms with Crippen molar-refractivity contribution in [1.29, 1.82) is 0 Å². The van der Waals surface area contributed by atoms with E-state index in [4.69, 9.17) is 37.7 Å². The molecule has 2 aromatic carbocycles. The Hall–Kier alpha value is -4.22. The van der Waals surface area contributed by atoms with Crippen molar-refractivity contribution in [2.45, 2.75) is 50.9 Å². The molecule has 2 atom stereocenters. The maximum Gasteiger partial charge on any atom is 0.220 e. The number of benzene rings is 2. The molecule has 0 unspecified atom stereocenters. The number of ether oxygens (including phenoxy) is 2. The van der Waals surface area contributed by atoms with E-state index >= 15 is 0 Å². The molecule has 4 heterocycles. The van der Waals surface area contributed by atoms with Crippen LogP contribution in [-0.4, -0.2) is 61.2 Å². The predicted molar refractivity (Wildman–Crippen MR) is 187 cm³/mol. The van der Waals surface area contributed by atoms with Gasteiger partial charge < -0.3 is 30.7 Å². The lowest BCUT2D eigenvalue weighted by molar-refractivity contribution is -0.120. The third-order valence-electron chi connectivity index (χ3n) is 8.73. The van der Waals surface area contributed by atoms with Gasteiger partial charge in [0.1, 0.15) is 5.75 Å². The molecule has 4 N–H and O–H groups in total. The molecule has 6 rings (SSSR count). The number of hydrogen-bond acceptors (Lipinski definition) is 8. The summed E-state index contributed by atoms with van der Waals surface area (Å²) in [5.74, 6) is 1.41. The number of pyridine rings is 2. The highest BCUT2D eigenvalue weighted by molar-refractivity contribution is 6.39. The third kappa shape index (κ3) is 7.57. The highest BCUT2D eigenvalue weighted by Gasteiger charge is 2.22. The molecule has 0 bridgehead atoms. The van der Waals surface area contributed by atoms with E-state index < -0.39 is 0 Å². The minimum absolute atomic E-state index is 0.0979. The monoisotopic (exact) mass is 688 g/mol. The largest absolute Gasteiger partial charge is 0.496 e. The van der Waals surface area contributed by atoms with Gasteiger partial charge in [-0.15, -0.1) is 0 Å². The molecule has 0 saturated carbocycles. The van der Waals surface area contributed by atoms with Gasteiger partial charge in [0, 0.05) is 90.7 Å². The zero-order valence-corrected chi connectivity index (χ0v) is 28.4. The van der Waals surface area contributed by atoms with Crippen molar-refractivity contribution in [3.63, 3.8) is 0 Å². The summed E-state index contributed by atoms with van der Waals surface area (Å²) < 4.78 is 11.4. The highest BCUT2D eigenvalue weighted by atomic mass is 35.5. The molecular weight excluding hydrogens is 651 g/mol. The summed E-state index contributed by atoms with van der Waals surface area (Å²) in [4.78, 5) is 32.4. The zero-order valence-electron chi connectivity index (χ0n) is 26.9. The molecule has 2 aliphatic rings. The molecule has 4 aromatic rings. The first kappa shape index (κ1) is 33.7. The lowest BCUT2D eigenvalue weighted by Gasteiger charge is -2.16. The van der Waals surface area contributed by atoms with Gasteiger partial charge in [-0.25, -0.2) is 4.98 Å². The summed E-state index contributed by atoms with van der Waals surface area (Å²) in [6.45, 7) is 2.51. The van der Waals surface area contributed by atoms with Crippen LogP contribution in [0.25, 0.3) is 33.6 Å². The van der Waals surface area contributed by atoms with Crippen molar-refractivity contribution in [1.82, 2.24) is 31.2 Å². The summed E-state index contributed by atoms with van der Waals surface area (Å²) >= 11 is 14.1. The van der Waals surface area contributed by atoms with Gasteiger partial charge in [-0.05, 0) is 31.0 Å². The van der Waals surface area contributed by atoms with Gasteiger partial charge in [-0.1, -0.05) is 59.6 Å². The van der Waals surface area contributed by atoms with Gasteiger partial charge in [0.2, 0.25) is 17.7 Å². The van der Waals surface area contributed by atoms with Crippen LogP contribution >= 0.6 is 23.2 Å². The second-order valence-corrected chi connectivity index (χ2v) is 12.7. The van der Waals surface area contributed by atoms with Crippen LogP contribution in [0.2, 0.25) is 10.0 Å². The minimum Gasteiger partial charge on any atom is -0.496 e. The number of nitrogens with one attached hydrogen (secondary N) is 4. The van der Waals surface area contributed by atoms with Gasteiger partial charge in [-0.2, -0.15) is 0 Å². The van der Waals surface area contributed by atoms with Crippen LogP contribution in [-0.2, 0) is 22.7 Å². The Labute approximate surface area is 289 Å². The van der Waals surface area contributed by atoms with Gasteiger partial charge in [0.15, 0.2) is 0 Å². The van der Waals surface area contributed by atoms with Crippen molar-refractivity contribution < 1.29 is 19.1 Å². The van der Waals surface area contributed by atoms with Gasteiger partial charge in [0.05, 0.1) is 35.7 Å². The Morgan fingerprint density at radius 1 is 0.792 bits per heavy atom. The molecule has 0 radical (unpaired) electrons. The van der Waals surface area contributed by atoms with Crippen molar-refractivity contribution in [3.8, 4) is 45.3 Å². The quantitative estimate of drug-likeness (QED) is 0.144. The SMILES string of the molecule is COc1cc(-c2nccc(-c3cccc(-c4ccc(CNC[C@H]5CCC(=O)N5)c(OC)n4)c3Cl)c2Cl)ccc1CNC[C@H]1CCC(=O)N1.